The lowest BCUT2D eigenvalue weighted by atomic mass is 10.8. The highest BCUT2D eigenvalue weighted by atomic mass is 32.1. The van der Waals surface area contributed by atoms with E-state index in [1.807, 2.05) is 0 Å². The number of H-pyrrole nitrogens is 2. The second-order valence-corrected chi connectivity index (χ2v) is 1.88. The summed E-state index contributed by atoms with van der Waals surface area (Å²) in [5.74, 6) is 0. The Kier molecular flexibility index (Phi) is 1.05. The third-order valence-corrected chi connectivity index (χ3v) is 1.18. The van der Waals surface area contributed by atoms with Crippen molar-refractivity contribution < 1.29 is 0 Å². The quantitative estimate of drug-likeness (QED) is 0.422. The van der Waals surface area contributed by atoms with Gasteiger partial charge in [-0.05, 0) is 0 Å². The lowest BCUT2D eigenvalue weighted by Gasteiger charge is -1.80. The molecule has 0 amide bonds. The number of hydrogen-bond donors (Lipinski definition) is 3. The number of hydrogen-bond acceptors (Lipinski definition) is 2. The van der Waals surface area contributed by atoms with Crippen LogP contribution in [0.3, 0.4) is 0 Å². The smallest absolute Gasteiger partial charge is 0.177 e. The largest absolute Gasteiger partial charge is 0.281 e. The van der Waals surface area contributed by atoms with Gasteiger partial charge in [-0.1, -0.05) is 12.2 Å². The number of nitrogens with one attached hydrogen (secondary N) is 3. The maximum absolute atomic E-state index is 7.12. The average Bonchev–Trinajstić information content (AvgIpc) is 1.98. The van der Waals surface area contributed by atoms with Gasteiger partial charge in [-0.25, -0.2) is 5.21 Å². The molecule has 0 radical (unpaired) electrons. The van der Waals surface area contributed by atoms with Crippen LogP contribution in [0, 0.1) is 10.0 Å². The Labute approximate surface area is 50.6 Å². The first-order valence-corrected chi connectivity index (χ1v) is 2.51. The summed E-state index contributed by atoms with van der Waals surface area (Å²) in [4.78, 5) is 0. The first-order valence-electron chi connectivity index (χ1n) is 2.10. The summed E-state index contributed by atoms with van der Waals surface area (Å²) in [5.41, 5.74) is 0.306. The van der Waals surface area contributed by atoms with Crippen molar-refractivity contribution in [1.82, 2.24) is 15.0 Å². The highest BCUT2D eigenvalue weighted by Crippen LogP contribution is 1.65. The van der Waals surface area contributed by atoms with Gasteiger partial charge in [-0.15, -0.1) is 0 Å². The minimum absolute atomic E-state index is 0.306. The molecular formula is C3H6N4S. The number of rotatable bonds is 0. The van der Waals surface area contributed by atoms with E-state index in [2.05, 4.69) is 22.5 Å². The Balaban J connectivity index is 3.66. The van der Waals surface area contributed by atoms with Crippen LogP contribution in [0.4, 0.5) is 0 Å². The third-order valence-electron chi connectivity index (χ3n) is 0.888. The zero-order valence-corrected chi connectivity index (χ0v) is 5.17. The van der Waals surface area contributed by atoms with Crippen LogP contribution >= 0.6 is 12.2 Å². The fourth-order valence-electron chi connectivity index (χ4n) is 0.402. The summed E-state index contributed by atoms with van der Waals surface area (Å²) in [7, 11) is 1.72. The molecule has 0 saturated carbocycles. The molecule has 0 fully saturated rings. The molecule has 44 valence electrons. The van der Waals surface area contributed by atoms with Gasteiger partial charge in [0.15, 0.2) is 10.1 Å². The molecule has 0 atom stereocenters. The minimum atomic E-state index is 0.306. The molecule has 1 aromatic heterocycles. The second-order valence-electron chi connectivity index (χ2n) is 1.47. The molecule has 0 aromatic carbocycles. The monoisotopic (exact) mass is 130 g/mol. The van der Waals surface area contributed by atoms with Crippen molar-refractivity contribution in [2.75, 3.05) is 0 Å². The van der Waals surface area contributed by atoms with Gasteiger partial charge in [0.2, 0.25) is 0 Å². The van der Waals surface area contributed by atoms with Crippen LogP contribution in [-0.4, -0.2) is 15.0 Å². The summed E-state index contributed by atoms with van der Waals surface area (Å²) >= 11 is 4.68. The van der Waals surface area contributed by atoms with Gasteiger partial charge in [-0.3, -0.25) is 15.2 Å². The van der Waals surface area contributed by atoms with Crippen molar-refractivity contribution in [3.8, 4) is 0 Å². The van der Waals surface area contributed by atoms with Gasteiger partial charge < -0.3 is 0 Å². The molecule has 0 saturated heterocycles. The highest BCUT2D eigenvalue weighted by molar-refractivity contribution is 7.71. The van der Waals surface area contributed by atoms with E-state index < -0.39 is 0 Å². The topological polar surface area (TPSA) is 60.4 Å². The van der Waals surface area contributed by atoms with E-state index in [0.717, 1.165) is 0 Å². The van der Waals surface area contributed by atoms with Gasteiger partial charge in [0.05, 0.1) is 0 Å². The maximum Gasteiger partial charge on any atom is 0.177 e. The Morgan fingerprint density at radius 3 is 2.50 bits per heavy atom. The first kappa shape index (κ1) is 5.30. The molecule has 0 spiro atoms. The summed E-state index contributed by atoms with van der Waals surface area (Å²) in [6, 6.07) is 0. The van der Waals surface area contributed by atoms with Crippen LogP contribution in [0.25, 0.3) is 0 Å². The predicted molar refractivity (Wildman–Crippen MR) is 30.8 cm³/mol. The van der Waals surface area contributed by atoms with Gasteiger partial charge >= 0.3 is 0 Å². The lowest BCUT2D eigenvalue weighted by molar-refractivity contribution is 0.679. The highest BCUT2D eigenvalue weighted by Gasteiger charge is 1.84. The van der Waals surface area contributed by atoms with Gasteiger partial charge in [-0.2, -0.15) is 0 Å². The van der Waals surface area contributed by atoms with Crippen LogP contribution in [0.1, 0.15) is 0 Å². The van der Waals surface area contributed by atoms with Crippen molar-refractivity contribution in [2.45, 2.75) is 0 Å². The van der Waals surface area contributed by atoms with Crippen LogP contribution in [0.5, 0.6) is 0 Å². The standard InChI is InChI=1S/C3H6N4S/c1-7-2(4)3(8)5-6-7/h4,6H,1H3,(H,5,8). The molecule has 0 aliphatic rings. The molecular weight excluding hydrogens is 124 g/mol. The Morgan fingerprint density at radius 1 is 1.75 bits per heavy atom. The van der Waals surface area contributed by atoms with E-state index in [1.165, 1.54) is 4.68 Å². The molecule has 5 heteroatoms. The van der Waals surface area contributed by atoms with Crippen molar-refractivity contribution >= 4 is 12.2 Å². The fourth-order valence-corrected chi connectivity index (χ4v) is 0.585. The zero-order chi connectivity index (χ0) is 6.15. The van der Waals surface area contributed by atoms with E-state index >= 15 is 0 Å². The normalized spacial score (nSPS) is 9.62. The van der Waals surface area contributed by atoms with Crippen LogP contribution in [-0.2, 0) is 7.05 Å². The van der Waals surface area contributed by atoms with Gasteiger partial charge in [0.25, 0.3) is 0 Å². The zero-order valence-electron chi connectivity index (χ0n) is 4.36. The number of nitrogens with zero attached hydrogens (tertiary/aromatic N) is 1. The summed E-state index contributed by atoms with van der Waals surface area (Å²) in [6.45, 7) is 0. The van der Waals surface area contributed by atoms with Crippen molar-refractivity contribution in [1.29, 1.82) is 5.41 Å². The van der Waals surface area contributed by atoms with E-state index in [1.54, 1.807) is 7.05 Å². The van der Waals surface area contributed by atoms with E-state index in [4.69, 9.17) is 5.41 Å². The van der Waals surface area contributed by atoms with Crippen LogP contribution < -0.4 is 5.49 Å². The molecule has 0 unspecified atom stereocenters. The van der Waals surface area contributed by atoms with Crippen molar-refractivity contribution in [3.63, 3.8) is 0 Å². The maximum atomic E-state index is 7.12. The number of aromatic nitrogens is 3. The molecule has 0 aliphatic carbocycles. The van der Waals surface area contributed by atoms with Gasteiger partial charge in [0.1, 0.15) is 0 Å². The summed E-state index contributed by atoms with van der Waals surface area (Å²) in [6.07, 6.45) is 0. The van der Waals surface area contributed by atoms with Crippen LogP contribution in [0.15, 0.2) is 0 Å². The molecule has 1 heterocycles. The molecule has 1 aromatic rings. The second kappa shape index (κ2) is 1.59. The Hall–Kier alpha value is -0.840. The van der Waals surface area contributed by atoms with E-state index in [-0.39, 0.29) is 0 Å². The summed E-state index contributed by atoms with van der Waals surface area (Å²) < 4.78 is 1.94. The molecule has 8 heavy (non-hydrogen) atoms. The average molecular weight is 130 g/mol. The van der Waals surface area contributed by atoms with Crippen LogP contribution in [0.2, 0.25) is 0 Å². The molecule has 0 bridgehead atoms. The third kappa shape index (κ3) is 0.604. The lowest BCUT2D eigenvalue weighted by Crippen LogP contribution is -2.11. The number of aryl methyl sites for hydroxylation is 1. The van der Waals surface area contributed by atoms with Gasteiger partial charge in [0, 0.05) is 7.05 Å². The predicted octanol–water partition coefficient (Wildman–Crippen LogP) is -0.110. The minimum Gasteiger partial charge on any atom is -0.281 e. The molecule has 1 rings (SSSR count). The summed E-state index contributed by atoms with van der Waals surface area (Å²) in [5, 5.41) is 12.4. The fraction of sp³-hybridized carbons (Fsp3) is 0.333. The number of aromatic amines is 2. The Morgan fingerprint density at radius 2 is 2.38 bits per heavy atom. The Bertz CT molecular complexity index is 276. The van der Waals surface area contributed by atoms with Crippen molar-refractivity contribution in [3.05, 3.63) is 10.1 Å². The molecule has 0 aliphatic heterocycles. The molecule has 3 N–H and O–H groups in total. The van der Waals surface area contributed by atoms with E-state index in [0.29, 0.717) is 10.1 Å². The molecule has 4 nitrogen and oxygen atoms in total. The van der Waals surface area contributed by atoms with E-state index in [9.17, 15) is 0 Å². The first-order chi connectivity index (χ1) is 3.72. The van der Waals surface area contributed by atoms with Crippen molar-refractivity contribution in [2.24, 2.45) is 7.05 Å². The SMILES string of the molecule is Cn1[nH][nH]c(=S)c1=N.